The molecule has 2 aromatic carbocycles. The maximum Gasteiger partial charge on any atom is 0.340 e. The first-order valence-corrected chi connectivity index (χ1v) is 8.46. The molecule has 0 atom stereocenters. The third-order valence-corrected chi connectivity index (χ3v) is 4.54. The third-order valence-electron chi connectivity index (χ3n) is 4.54. The molecule has 0 radical (unpaired) electrons. The highest BCUT2D eigenvalue weighted by Gasteiger charge is 2.22. The van der Waals surface area contributed by atoms with E-state index in [4.69, 9.17) is 5.73 Å². The van der Waals surface area contributed by atoms with E-state index in [1.165, 1.54) is 10.8 Å². The van der Waals surface area contributed by atoms with Crippen LogP contribution >= 0.6 is 0 Å². The highest BCUT2D eigenvalue weighted by Crippen LogP contribution is 2.24. The number of nitrogen functional groups attached to an aromatic ring is 1. The molecule has 3 rings (SSSR count). The van der Waals surface area contributed by atoms with E-state index in [1.807, 2.05) is 36.4 Å². The van der Waals surface area contributed by atoms with Crippen molar-refractivity contribution in [3.8, 4) is 16.9 Å². The molecule has 0 saturated heterocycles. The molecule has 0 amide bonds. The number of rotatable bonds is 6. The molecular weight excluding hydrogens is 344 g/mol. The summed E-state index contributed by atoms with van der Waals surface area (Å²) in [5.41, 5.74) is 8.73. The van der Waals surface area contributed by atoms with Gasteiger partial charge >= 0.3 is 5.97 Å². The number of aryl methyl sites for hydroxylation is 2. The van der Waals surface area contributed by atoms with Gasteiger partial charge in [-0.15, -0.1) is 0 Å². The molecule has 0 bridgehead atoms. The average molecular weight is 364 g/mol. The molecule has 0 aliphatic heterocycles. The molecular formula is C21H20N2O4. The Morgan fingerprint density at radius 1 is 1.00 bits per heavy atom. The monoisotopic (exact) mass is 364 g/mol. The van der Waals surface area contributed by atoms with Crippen LogP contribution in [0.25, 0.3) is 11.1 Å². The van der Waals surface area contributed by atoms with Gasteiger partial charge in [0.2, 0.25) is 0 Å². The number of nitrogens with two attached hydrogens (primary N) is 1. The predicted molar refractivity (Wildman–Crippen MR) is 103 cm³/mol. The second-order valence-corrected chi connectivity index (χ2v) is 6.39. The minimum Gasteiger partial charge on any atom is -0.508 e. The van der Waals surface area contributed by atoms with Crippen LogP contribution in [-0.2, 0) is 13.5 Å². The number of aromatic nitrogens is 1. The van der Waals surface area contributed by atoms with E-state index in [2.05, 4.69) is 0 Å². The van der Waals surface area contributed by atoms with Crippen molar-refractivity contribution in [1.82, 2.24) is 4.57 Å². The molecule has 27 heavy (non-hydrogen) atoms. The highest BCUT2D eigenvalue weighted by molar-refractivity contribution is 6.08. The third kappa shape index (κ3) is 3.84. The van der Waals surface area contributed by atoms with Gasteiger partial charge < -0.3 is 20.5 Å². The van der Waals surface area contributed by atoms with Crippen LogP contribution in [0, 0.1) is 0 Å². The standard InChI is InChI=1S/C21H20N2O4/c1-23-12-17(19(20(23)22)21(26)27)18(25)11-4-13-2-5-14(6-3-13)15-7-9-16(24)10-8-15/h2-3,5-10,12,24H,4,11,22H2,1H3,(H,26,27). The quantitative estimate of drug-likeness (QED) is 0.581. The SMILES string of the molecule is Cn1cc(C(=O)CCc2ccc(-c3ccc(O)cc3)cc2)c(C(=O)O)c1N. The van der Waals surface area contributed by atoms with Gasteiger partial charge in [0, 0.05) is 19.7 Å². The number of nitrogens with zero attached hydrogens (tertiary/aromatic N) is 1. The lowest BCUT2D eigenvalue weighted by Gasteiger charge is -2.05. The fourth-order valence-corrected chi connectivity index (χ4v) is 2.99. The summed E-state index contributed by atoms with van der Waals surface area (Å²) >= 11 is 0. The average Bonchev–Trinajstić information content (AvgIpc) is 2.96. The Morgan fingerprint density at radius 2 is 1.56 bits per heavy atom. The van der Waals surface area contributed by atoms with E-state index in [9.17, 15) is 19.8 Å². The van der Waals surface area contributed by atoms with E-state index < -0.39 is 5.97 Å². The Labute approximate surface area is 156 Å². The Kier molecular flexibility index (Phi) is 4.98. The molecule has 0 aliphatic rings. The number of hydrogen-bond acceptors (Lipinski definition) is 4. The summed E-state index contributed by atoms with van der Waals surface area (Å²) in [5, 5.41) is 18.6. The van der Waals surface area contributed by atoms with Gasteiger partial charge in [-0.25, -0.2) is 4.79 Å². The highest BCUT2D eigenvalue weighted by atomic mass is 16.4. The zero-order chi connectivity index (χ0) is 19.6. The van der Waals surface area contributed by atoms with E-state index in [0.29, 0.717) is 6.42 Å². The number of ketones is 1. The summed E-state index contributed by atoms with van der Waals surface area (Å²) < 4.78 is 1.45. The molecule has 4 N–H and O–H groups in total. The number of anilines is 1. The van der Waals surface area contributed by atoms with Crippen molar-refractivity contribution in [2.75, 3.05) is 5.73 Å². The summed E-state index contributed by atoms with van der Waals surface area (Å²) in [4.78, 5) is 23.8. The van der Waals surface area contributed by atoms with Gasteiger partial charge in [-0.2, -0.15) is 0 Å². The first-order chi connectivity index (χ1) is 12.9. The maximum absolute atomic E-state index is 12.5. The molecule has 0 fully saturated rings. The summed E-state index contributed by atoms with van der Waals surface area (Å²) in [5.74, 6) is -1.16. The predicted octanol–water partition coefficient (Wildman–Crippen LogP) is 3.49. The van der Waals surface area contributed by atoms with Crippen molar-refractivity contribution in [3.63, 3.8) is 0 Å². The van der Waals surface area contributed by atoms with Gasteiger partial charge in [0.05, 0.1) is 5.56 Å². The van der Waals surface area contributed by atoms with Gasteiger partial charge in [-0.3, -0.25) is 4.79 Å². The second-order valence-electron chi connectivity index (χ2n) is 6.39. The van der Waals surface area contributed by atoms with Crippen LogP contribution in [0.1, 0.15) is 32.7 Å². The van der Waals surface area contributed by atoms with Gasteiger partial charge in [-0.05, 0) is 35.2 Å². The van der Waals surface area contributed by atoms with Crippen LogP contribution in [-0.4, -0.2) is 26.5 Å². The van der Waals surface area contributed by atoms with Crippen molar-refractivity contribution < 1.29 is 19.8 Å². The number of phenols is 1. The largest absolute Gasteiger partial charge is 0.508 e. The Morgan fingerprint density at radius 3 is 2.11 bits per heavy atom. The lowest BCUT2D eigenvalue weighted by Crippen LogP contribution is -2.09. The number of carboxylic acids is 1. The number of aromatic carboxylic acids is 1. The fraction of sp³-hybridized carbons (Fsp3) is 0.143. The normalized spacial score (nSPS) is 10.7. The van der Waals surface area contributed by atoms with E-state index >= 15 is 0 Å². The van der Waals surface area contributed by atoms with Crippen LogP contribution in [0.3, 0.4) is 0 Å². The minimum absolute atomic E-state index is 0.0732. The number of carbonyl (C=O) groups is 2. The molecule has 0 spiro atoms. The molecule has 0 unspecified atom stereocenters. The Bertz CT molecular complexity index is 986. The number of aromatic hydroxyl groups is 1. The lowest BCUT2D eigenvalue weighted by molar-refractivity contribution is 0.0693. The van der Waals surface area contributed by atoms with Crippen molar-refractivity contribution in [2.45, 2.75) is 12.8 Å². The number of phenolic OH excluding ortho intramolecular Hbond substituents is 1. The number of benzene rings is 2. The Hall–Kier alpha value is -3.54. The van der Waals surface area contributed by atoms with Gasteiger partial charge in [-0.1, -0.05) is 36.4 Å². The summed E-state index contributed by atoms with van der Waals surface area (Å²) in [6.07, 6.45) is 2.17. The first kappa shape index (κ1) is 18.3. The first-order valence-electron chi connectivity index (χ1n) is 8.46. The molecule has 138 valence electrons. The lowest BCUT2D eigenvalue weighted by atomic mass is 9.99. The topological polar surface area (TPSA) is 106 Å². The number of Topliss-reactive ketones (excluding diaryl/α,β-unsaturated/α-hetero) is 1. The number of hydrogen-bond donors (Lipinski definition) is 3. The van der Waals surface area contributed by atoms with Crippen molar-refractivity contribution in [3.05, 3.63) is 71.4 Å². The van der Waals surface area contributed by atoms with Crippen molar-refractivity contribution >= 4 is 17.6 Å². The molecule has 6 nitrogen and oxygen atoms in total. The maximum atomic E-state index is 12.5. The van der Waals surface area contributed by atoms with Gasteiger partial charge in [0.15, 0.2) is 5.78 Å². The van der Waals surface area contributed by atoms with Crippen molar-refractivity contribution in [2.24, 2.45) is 7.05 Å². The van der Waals surface area contributed by atoms with E-state index in [1.54, 1.807) is 19.2 Å². The summed E-state index contributed by atoms with van der Waals surface area (Å²) in [6, 6.07) is 14.7. The molecule has 3 aromatic rings. The second kappa shape index (κ2) is 7.37. The zero-order valence-electron chi connectivity index (χ0n) is 14.8. The smallest absolute Gasteiger partial charge is 0.340 e. The van der Waals surface area contributed by atoms with Crippen LogP contribution < -0.4 is 5.73 Å². The molecule has 0 saturated carbocycles. The van der Waals surface area contributed by atoms with E-state index in [0.717, 1.165) is 16.7 Å². The molecule has 0 aliphatic carbocycles. The number of carboxylic acid groups (broad SMARTS) is 1. The number of carbonyl (C=O) groups excluding carboxylic acids is 1. The summed E-state index contributed by atoms with van der Waals surface area (Å²) in [7, 11) is 1.61. The van der Waals surface area contributed by atoms with Crippen LogP contribution in [0.15, 0.2) is 54.7 Å². The zero-order valence-corrected chi connectivity index (χ0v) is 14.8. The van der Waals surface area contributed by atoms with E-state index in [-0.39, 0.29) is 34.9 Å². The fourth-order valence-electron chi connectivity index (χ4n) is 2.99. The van der Waals surface area contributed by atoms with Crippen LogP contribution in [0.2, 0.25) is 0 Å². The minimum atomic E-state index is -1.20. The van der Waals surface area contributed by atoms with Crippen molar-refractivity contribution in [1.29, 1.82) is 0 Å². The van der Waals surface area contributed by atoms with Gasteiger partial charge in [0.1, 0.15) is 17.1 Å². The van der Waals surface area contributed by atoms with Crippen LogP contribution in [0.4, 0.5) is 5.82 Å². The molecule has 6 heteroatoms. The summed E-state index contributed by atoms with van der Waals surface area (Å²) in [6.45, 7) is 0. The Balaban J connectivity index is 1.70. The van der Waals surface area contributed by atoms with Crippen LogP contribution in [0.5, 0.6) is 5.75 Å². The molecule has 1 heterocycles. The molecule has 1 aromatic heterocycles. The van der Waals surface area contributed by atoms with Gasteiger partial charge in [0.25, 0.3) is 0 Å².